The SMILES string of the molecule is O=C(NCC(O)c1ccc(N2CCOCC2)cc1)C1CCOC1. The van der Waals surface area contributed by atoms with Gasteiger partial charge in [0.25, 0.3) is 0 Å². The molecule has 0 aliphatic carbocycles. The molecule has 1 amide bonds. The molecule has 2 fully saturated rings. The van der Waals surface area contributed by atoms with E-state index in [1.165, 1.54) is 0 Å². The van der Waals surface area contributed by atoms with Crippen molar-refractivity contribution in [1.29, 1.82) is 0 Å². The molecule has 2 aliphatic heterocycles. The molecule has 2 N–H and O–H groups in total. The zero-order valence-corrected chi connectivity index (χ0v) is 13.2. The van der Waals surface area contributed by atoms with E-state index in [4.69, 9.17) is 9.47 Å². The second-order valence-corrected chi connectivity index (χ2v) is 6.01. The monoisotopic (exact) mass is 320 g/mol. The highest BCUT2D eigenvalue weighted by atomic mass is 16.5. The number of aliphatic hydroxyl groups is 1. The van der Waals surface area contributed by atoms with Crippen molar-refractivity contribution >= 4 is 11.6 Å². The summed E-state index contributed by atoms with van der Waals surface area (Å²) < 4.78 is 10.6. The fourth-order valence-corrected chi connectivity index (χ4v) is 2.93. The van der Waals surface area contributed by atoms with Crippen molar-refractivity contribution in [2.75, 3.05) is 51.0 Å². The van der Waals surface area contributed by atoms with Gasteiger partial charge in [-0.15, -0.1) is 0 Å². The Bertz CT molecular complexity index is 508. The summed E-state index contributed by atoms with van der Waals surface area (Å²) in [4.78, 5) is 14.2. The number of nitrogens with zero attached hydrogens (tertiary/aromatic N) is 1. The molecule has 2 heterocycles. The molecule has 2 unspecified atom stereocenters. The van der Waals surface area contributed by atoms with E-state index in [9.17, 15) is 9.90 Å². The summed E-state index contributed by atoms with van der Waals surface area (Å²) in [6.45, 7) is 4.64. The van der Waals surface area contributed by atoms with Crippen LogP contribution in [0.1, 0.15) is 18.1 Å². The van der Waals surface area contributed by atoms with Gasteiger partial charge < -0.3 is 24.8 Å². The minimum absolute atomic E-state index is 0.0357. The van der Waals surface area contributed by atoms with Crippen LogP contribution in [0.2, 0.25) is 0 Å². The number of amides is 1. The van der Waals surface area contributed by atoms with Crippen LogP contribution in [0.3, 0.4) is 0 Å². The molecule has 23 heavy (non-hydrogen) atoms. The Morgan fingerprint density at radius 1 is 1.22 bits per heavy atom. The first kappa shape index (κ1) is 16.2. The van der Waals surface area contributed by atoms with Gasteiger partial charge in [-0.05, 0) is 24.1 Å². The van der Waals surface area contributed by atoms with Crippen molar-refractivity contribution in [3.63, 3.8) is 0 Å². The third-order valence-electron chi connectivity index (χ3n) is 4.42. The van der Waals surface area contributed by atoms with Gasteiger partial charge in [-0.1, -0.05) is 12.1 Å². The summed E-state index contributed by atoms with van der Waals surface area (Å²) in [5.74, 6) is -0.114. The average molecular weight is 320 g/mol. The van der Waals surface area contributed by atoms with E-state index < -0.39 is 6.10 Å². The Kier molecular flexibility index (Phi) is 5.48. The molecule has 1 aromatic carbocycles. The lowest BCUT2D eigenvalue weighted by Crippen LogP contribution is -2.36. The second kappa shape index (κ2) is 7.77. The number of hydrogen-bond acceptors (Lipinski definition) is 5. The molecule has 3 rings (SSSR count). The topological polar surface area (TPSA) is 71.0 Å². The van der Waals surface area contributed by atoms with Crippen LogP contribution < -0.4 is 10.2 Å². The maximum Gasteiger partial charge on any atom is 0.225 e. The molecule has 0 aromatic heterocycles. The van der Waals surface area contributed by atoms with Crippen LogP contribution in [-0.2, 0) is 14.3 Å². The summed E-state index contributed by atoms with van der Waals surface area (Å²) in [5.41, 5.74) is 1.95. The number of aliphatic hydroxyl groups excluding tert-OH is 1. The number of nitrogens with one attached hydrogen (secondary N) is 1. The molecular formula is C17H24N2O4. The van der Waals surface area contributed by atoms with E-state index in [0.717, 1.165) is 44.0 Å². The minimum Gasteiger partial charge on any atom is -0.387 e. The second-order valence-electron chi connectivity index (χ2n) is 6.01. The minimum atomic E-state index is -0.694. The van der Waals surface area contributed by atoms with Gasteiger partial charge in [0.1, 0.15) is 0 Å². The molecule has 2 atom stereocenters. The molecule has 0 saturated carbocycles. The van der Waals surface area contributed by atoms with E-state index in [2.05, 4.69) is 10.2 Å². The molecule has 1 aromatic rings. The maximum atomic E-state index is 11.9. The van der Waals surface area contributed by atoms with Crippen LogP contribution in [0.25, 0.3) is 0 Å². The van der Waals surface area contributed by atoms with E-state index >= 15 is 0 Å². The first-order chi connectivity index (χ1) is 11.2. The molecule has 0 bridgehead atoms. The standard InChI is InChI=1S/C17H24N2O4/c20-16(11-18-17(21)14-5-8-23-12-14)13-1-3-15(4-2-13)19-6-9-22-10-7-19/h1-4,14,16,20H,5-12H2,(H,18,21). The van der Waals surface area contributed by atoms with Crippen LogP contribution >= 0.6 is 0 Å². The summed E-state index contributed by atoms with van der Waals surface area (Å²) >= 11 is 0. The number of carbonyl (C=O) groups excluding carboxylic acids is 1. The molecule has 0 radical (unpaired) electrons. The Hall–Kier alpha value is -1.63. The normalized spacial score (nSPS) is 22.8. The quantitative estimate of drug-likeness (QED) is 0.836. The van der Waals surface area contributed by atoms with Gasteiger partial charge in [-0.3, -0.25) is 4.79 Å². The average Bonchev–Trinajstić information content (AvgIpc) is 3.15. The predicted octanol–water partition coefficient (Wildman–Crippen LogP) is 0.709. The Morgan fingerprint density at radius 3 is 2.61 bits per heavy atom. The molecule has 6 nitrogen and oxygen atoms in total. The number of carbonyl (C=O) groups is 1. The van der Waals surface area contributed by atoms with E-state index in [0.29, 0.717) is 13.2 Å². The predicted molar refractivity (Wildman–Crippen MR) is 86.4 cm³/mol. The maximum absolute atomic E-state index is 11.9. The number of rotatable bonds is 5. The number of hydrogen-bond donors (Lipinski definition) is 2. The van der Waals surface area contributed by atoms with Crippen molar-refractivity contribution in [3.8, 4) is 0 Å². The molecule has 2 saturated heterocycles. The lowest BCUT2D eigenvalue weighted by atomic mass is 10.1. The first-order valence-corrected chi connectivity index (χ1v) is 8.20. The lowest BCUT2D eigenvalue weighted by molar-refractivity contribution is -0.125. The van der Waals surface area contributed by atoms with Crippen molar-refractivity contribution in [1.82, 2.24) is 5.32 Å². The van der Waals surface area contributed by atoms with Crippen LogP contribution in [0.15, 0.2) is 24.3 Å². The zero-order chi connectivity index (χ0) is 16.1. The van der Waals surface area contributed by atoms with Crippen LogP contribution in [0.5, 0.6) is 0 Å². The zero-order valence-electron chi connectivity index (χ0n) is 13.2. The Balaban J connectivity index is 1.50. The summed E-state index contributed by atoms with van der Waals surface area (Å²) in [7, 11) is 0. The van der Waals surface area contributed by atoms with Gasteiger partial charge >= 0.3 is 0 Å². The third-order valence-corrected chi connectivity index (χ3v) is 4.42. The van der Waals surface area contributed by atoms with Crippen LogP contribution in [0, 0.1) is 5.92 Å². The third kappa shape index (κ3) is 4.22. The van der Waals surface area contributed by atoms with Gasteiger partial charge in [0, 0.05) is 31.9 Å². The lowest BCUT2D eigenvalue weighted by Gasteiger charge is -2.29. The molecular weight excluding hydrogens is 296 g/mol. The molecule has 2 aliphatic rings. The number of anilines is 1. The van der Waals surface area contributed by atoms with Gasteiger partial charge in [-0.25, -0.2) is 0 Å². The number of ether oxygens (including phenoxy) is 2. The van der Waals surface area contributed by atoms with Gasteiger partial charge in [-0.2, -0.15) is 0 Å². The Morgan fingerprint density at radius 2 is 1.96 bits per heavy atom. The van der Waals surface area contributed by atoms with Crippen molar-refractivity contribution in [3.05, 3.63) is 29.8 Å². The molecule has 6 heteroatoms. The summed E-state index contributed by atoms with van der Waals surface area (Å²) in [5, 5.41) is 13.0. The van der Waals surface area contributed by atoms with E-state index in [-0.39, 0.29) is 18.4 Å². The molecule has 0 spiro atoms. The highest BCUT2D eigenvalue weighted by Gasteiger charge is 2.23. The Labute approximate surface area is 136 Å². The van der Waals surface area contributed by atoms with Crippen molar-refractivity contribution in [2.45, 2.75) is 12.5 Å². The summed E-state index contributed by atoms with van der Waals surface area (Å²) in [6, 6.07) is 7.85. The van der Waals surface area contributed by atoms with Gasteiger partial charge in [0.05, 0.1) is 31.8 Å². The summed E-state index contributed by atoms with van der Waals surface area (Å²) in [6.07, 6.45) is 0.0657. The fraction of sp³-hybridized carbons (Fsp3) is 0.588. The van der Waals surface area contributed by atoms with Crippen molar-refractivity contribution in [2.24, 2.45) is 5.92 Å². The number of morpholine rings is 1. The van der Waals surface area contributed by atoms with Gasteiger partial charge in [0.15, 0.2) is 0 Å². The van der Waals surface area contributed by atoms with Gasteiger partial charge in [0.2, 0.25) is 5.91 Å². The van der Waals surface area contributed by atoms with E-state index in [1.54, 1.807) is 0 Å². The number of benzene rings is 1. The van der Waals surface area contributed by atoms with Crippen LogP contribution in [0.4, 0.5) is 5.69 Å². The van der Waals surface area contributed by atoms with E-state index in [1.807, 2.05) is 24.3 Å². The largest absolute Gasteiger partial charge is 0.387 e. The molecule has 126 valence electrons. The van der Waals surface area contributed by atoms with Crippen LogP contribution in [-0.4, -0.2) is 57.1 Å². The highest BCUT2D eigenvalue weighted by Crippen LogP contribution is 2.20. The first-order valence-electron chi connectivity index (χ1n) is 8.20. The van der Waals surface area contributed by atoms with Crippen molar-refractivity contribution < 1.29 is 19.4 Å². The fourth-order valence-electron chi connectivity index (χ4n) is 2.93. The smallest absolute Gasteiger partial charge is 0.225 e. The highest BCUT2D eigenvalue weighted by molar-refractivity contribution is 5.79.